The molecule has 2 aromatic rings. The van der Waals surface area contributed by atoms with Gasteiger partial charge in [-0.1, -0.05) is 18.2 Å². The number of benzene rings is 1. The van der Waals surface area contributed by atoms with Gasteiger partial charge in [0.1, 0.15) is 23.8 Å². The number of rotatable bonds is 5. The minimum Gasteiger partial charge on any atom is -0.370 e. The summed E-state index contributed by atoms with van der Waals surface area (Å²) in [4.78, 5) is 10.8. The normalized spacial score (nSPS) is 14.4. The highest BCUT2D eigenvalue weighted by Gasteiger charge is 2.13. The molecule has 3 rings (SSSR count). The van der Waals surface area contributed by atoms with E-state index in [0.717, 1.165) is 30.3 Å². The zero-order valence-corrected chi connectivity index (χ0v) is 11.9. The van der Waals surface area contributed by atoms with Gasteiger partial charge < -0.3 is 10.2 Å². The van der Waals surface area contributed by atoms with E-state index in [-0.39, 0.29) is 5.82 Å². The van der Waals surface area contributed by atoms with Crippen molar-refractivity contribution in [1.82, 2.24) is 9.97 Å². The van der Waals surface area contributed by atoms with Gasteiger partial charge in [0.2, 0.25) is 0 Å². The number of hydrogen-bond acceptors (Lipinski definition) is 4. The van der Waals surface area contributed by atoms with Gasteiger partial charge in [-0.3, -0.25) is 0 Å². The summed E-state index contributed by atoms with van der Waals surface area (Å²) in [5, 5.41) is 3.24. The highest BCUT2D eigenvalue weighted by atomic mass is 19.1. The summed E-state index contributed by atoms with van der Waals surface area (Å²) in [5.74, 6) is 1.61. The van der Waals surface area contributed by atoms with Crippen molar-refractivity contribution in [2.45, 2.75) is 19.3 Å². The fourth-order valence-corrected chi connectivity index (χ4v) is 2.59. The molecular formula is C16H19FN4. The lowest BCUT2D eigenvalue weighted by Gasteiger charge is -2.16. The largest absolute Gasteiger partial charge is 0.370 e. The van der Waals surface area contributed by atoms with E-state index in [4.69, 9.17) is 0 Å². The second kappa shape index (κ2) is 6.52. The molecule has 1 N–H and O–H groups in total. The van der Waals surface area contributed by atoms with E-state index in [1.165, 1.54) is 18.9 Å². The minimum absolute atomic E-state index is 0.153. The Morgan fingerprint density at radius 1 is 1.14 bits per heavy atom. The first kappa shape index (κ1) is 13.8. The molecule has 2 heterocycles. The molecule has 1 aromatic carbocycles. The van der Waals surface area contributed by atoms with Crippen molar-refractivity contribution in [3.8, 4) is 0 Å². The van der Waals surface area contributed by atoms with Gasteiger partial charge in [0.25, 0.3) is 0 Å². The van der Waals surface area contributed by atoms with Gasteiger partial charge in [0, 0.05) is 25.7 Å². The summed E-state index contributed by atoms with van der Waals surface area (Å²) in [6.07, 6.45) is 4.66. The molecule has 1 aromatic heterocycles. The van der Waals surface area contributed by atoms with Crippen molar-refractivity contribution < 1.29 is 4.39 Å². The van der Waals surface area contributed by atoms with Crippen LogP contribution >= 0.6 is 0 Å². The monoisotopic (exact) mass is 286 g/mol. The third kappa shape index (κ3) is 3.48. The van der Waals surface area contributed by atoms with E-state index in [9.17, 15) is 4.39 Å². The van der Waals surface area contributed by atoms with E-state index in [1.54, 1.807) is 12.4 Å². The predicted molar refractivity (Wildman–Crippen MR) is 82.1 cm³/mol. The van der Waals surface area contributed by atoms with E-state index >= 15 is 0 Å². The fourth-order valence-electron chi connectivity index (χ4n) is 2.59. The third-order valence-electron chi connectivity index (χ3n) is 3.74. The van der Waals surface area contributed by atoms with Gasteiger partial charge in [-0.25, -0.2) is 14.4 Å². The summed E-state index contributed by atoms with van der Waals surface area (Å²) >= 11 is 0. The van der Waals surface area contributed by atoms with Crippen LogP contribution in [0, 0.1) is 5.82 Å². The molecule has 0 atom stereocenters. The van der Waals surface area contributed by atoms with Gasteiger partial charge >= 0.3 is 0 Å². The van der Waals surface area contributed by atoms with Crippen LogP contribution in [-0.4, -0.2) is 29.6 Å². The van der Waals surface area contributed by atoms with Crippen LogP contribution in [0.2, 0.25) is 0 Å². The number of aromatic nitrogens is 2. The molecule has 1 aliphatic heterocycles. The fraction of sp³-hybridized carbons (Fsp3) is 0.375. The second-order valence-corrected chi connectivity index (χ2v) is 5.22. The summed E-state index contributed by atoms with van der Waals surface area (Å²) in [7, 11) is 0. The molecular weight excluding hydrogens is 267 g/mol. The Balaban J connectivity index is 1.58. The van der Waals surface area contributed by atoms with Crippen LogP contribution in [-0.2, 0) is 6.42 Å². The number of nitrogens with zero attached hydrogens (tertiary/aromatic N) is 3. The topological polar surface area (TPSA) is 41.0 Å². The summed E-state index contributed by atoms with van der Waals surface area (Å²) in [5.41, 5.74) is 0.721. The molecule has 1 saturated heterocycles. The Morgan fingerprint density at radius 3 is 2.76 bits per heavy atom. The van der Waals surface area contributed by atoms with Crippen LogP contribution in [0.3, 0.4) is 0 Å². The van der Waals surface area contributed by atoms with Crippen molar-refractivity contribution in [1.29, 1.82) is 0 Å². The quantitative estimate of drug-likeness (QED) is 0.917. The van der Waals surface area contributed by atoms with Crippen LogP contribution in [0.15, 0.2) is 36.7 Å². The number of anilines is 2. The standard InChI is InChI=1S/C16H19FN4/c17-14-6-2-1-5-13(14)7-8-18-15-11-16(20-12-19-15)21-9-3-4-10-21/h1-2,5-6,11-12H,3-4,7-10H2,(H,18,19,20). The third-order valence-corrected chi connectivity index (χ3v) is 3.74. The maximum Gasteiger partial charge on any atom is 0.134 e. The van der Waals surface area contributed by atoms with Crippen LogP contribution in [0.25, 0.3) is 0 Å². The molecule has 110 valence electrons. The lowest BCUT2D eigenvalue weighted by atomic mass is 10.1. The van der Waals surface area contributed by atoms with Crippen molar-refractivity contribution >= 4 is 11.6 Å². The Hall–Kier alpha value is -2.17. The smallest absolute Gasteiger partial charge is 0.134 e. The van der Waals surface area contributed by atoms with Gasteiger partial charge in [-0.05, 0) is 30.9 Å². The van der Waals surface area contributed by atoms with E-state index in [0.29, 0.717) is 13.0 Å². The highest BCUT2D eigenvalue weighted by Crippen LogP contribution is 2.19. The van der Waals surface area contributed by atoms with E-state index < -0.39 is 0 Å². The van der Waals surface area contributed by atoms with Gasteiger partial charge in [0.15, 0.2) is 0 Å². The summed E-state index contributed by atoms with van der Waals surface area (Å²) in [6.45, 7) is 2.77. The average molecular weight is 286 g/mol. The average Bonchev–Trinajstić information content (AvgIpc) is 3.04. The summed E-state index contributed by atoms with van der Waals surface area (Å²) < 4.78 is 13.5. The molecule has 0 radical (unpaired) electrons. The first-order valence-electron chi connectivity index (χ1n) is 7.37. The summed E-state index contributed by atoms with van der Waals surface area (Å²) in [6, 6.07) is 8.83. The molecule has 0 unspecified atom stereocenters. The van der Waals surface area contributed by atoms with Gasteiger partial charge in [-0.2, -0.15) is 0 Å². The van der Waals surface area contributed by atoms with Crippen LogP contribution in [0.5, 0.6) is 0 Å². The molecule has 0 spiro atoms. The van der Waals surface area contributed by atoms with Crippen LogP contribution < -0.4 is 10.2 Å². The lowest BCUT2D eigenvalue weighted by Crippen LogP contribution is -2.19. The van der Waals surface area contributed by atoms with E-state index in [2.05, 4.69) is 20.2 Å². The Labute approximate surface area is 124 Å². The SMILES string of the molecule is Fc1ccccc1CCNc1cc(N2CCCC2)ncn1. The maximum absolute atomic E-state index is 13.5. The van der Waals surface area contributed by atoms with E-state index in [1.807, 2.05) is 18.2 Å². The molecule has 21 heavy (non-hydrogen) atoms. The van der Waals surface area contributed by atoms with Crippen molar-refractivity contribution in [2.75, 3.05) is 29.9 Å². The lowest BCUT2D eigenvalue weighted by molar-refractivity contribution is 0.610. The zero-order valence-electron chi connectivity index (χ0n) is 11.9. The maximum atomic E-state index is 13.5. The molecule has 0 amide bonds. The minimum atomic E-state index is -0.153. The van der Waals surface area contributed by atoms with Crippen molar-refractivity contribution in [2.24, 2.45) is 0 Å². The van der Waals surface area contributed by atoms with Crippen molar-refractivity contribution in [3.63, 3.8) is 0 Å². The van der Waals surface area contributed by atoms with Gasteiger partial charge in [0.05, 0.1) is 0 Å². The molecule has 5 heteroatoms. The molecule has 0 bridgehead atoms. The zero-order chi connectivity index (χ0) is 14.5. The molecule has 0 aliphatic carbocycles. The molecule has 1 fully saturated rings. The Morgan fingerprint density at radius 2 is 1.95 bits per heavy atom. The molecule has 0 saturated carbocycles. The number of halogens is 1. The first-order chi connectivity index (χ1) is 10.3. The molecule has 4 nitrogen and oxygen atoms in total. The van der Waals surface area contributed by atoms with Crippen molar-refractivity contribution in [3.05, 3.63) is 48.0 Å². The van der Waals surface area contributed by atoms with Gasteiger partial charge in [-0.15, -0.1) is 0 Å². The molecule has 1 aliphatic rings. The first-order valence-corrected chi connectivity index (χ1v) is 7.37. The number of hydrogen-bond donors (Lipinski definition) is 1. The Bertz CT molecular complexity index is 596. The Kier molecular flexibility index (Phi) is 4.28. The highest BCUT2D eigenvalue weighted by molar-refractivity contribution is 5.48. The predicted octanol–water partition coefficient (Wildman–Crippen LogP) is 2.87. The van der Waals surface area contributed by atoms with Crippen LogP contribution in [0.4, 0.5) is 16.0 Å². The number of nitrogens with one attached hydrogen (secondary N) is 1. The second-order valence-electron chi connectivity index (χ2n) is 5.22. The van der Waals surface area contributed by atoms with Crippen LogP contribution in [0.1, 0.15) is 18.4 Å².